The number of rotatable bonds is 9. The van der Waals surface area contributed by atoms with Crippen LogP contribution in [0.15, 0.2) is 48.5 Å². The highest BCUT2D eigenvalue weighted by Gasteiger charge is 2.06. The van der Waals surface area contributed by atoms with Crippen molar-refractivity contribution in [1.82, 2.24) is 5.32 Å². The van der Waals surface area contributed by atoms with E-state index in [4.69, 9.17) is 14.2 Å². The second-order valence-corrected chi connectivity index (χ2v) is 4.93. The van der Waals surface area contributed by atoms with Crippen LogP contribution in [-0.4, -0.2) is 27.4 Å². The van der Waals surface area contributed by atoms with Gasteiger partial charge in [0, 0.05) is 20.2 Å². The van der Waals surface area contributed by atoms with Gasteiger partial charge in [0.15, 0.2) is 11.5 Å². The van der Waals surface area contributed by atoms with Gasteiger partial charge in [-0.15, -0.1) is 0 Å². The van der Waals surface area contributed by atoms with Gasteiger partial charge in [0.25, 0.3) is 0 Å². The Bertz CT molecular complexity index is 558. The van der Waals surface area contributed by atoms with Crippen molar-refractivity contribution < 1.29 is 14.2 Å². The summed E-state index contributed by atoms with van der Waals surface area (Å²) in [6.07, 6.45) is 0. The molecule has 0 atom stereocenters. The Morgan fingerprint density at radius 3 is 2.45 bits per heavy atom. The largest absolute Gasteiger partial charge is 0.493 e. The Labute approximate surface area is 132 Å². The van der Waals surface area contributed by atoms with Gasteiger partial charge in [-0.2, -0.15) is 0 Å². The predicted molar refractivity (Wildman–Crippen MR) is 87.4 cm³/mol. The first kappa shape index (κ1) is 16.3. The van der Waals surface area contributed by atoms with Crippen LogP contribution in [0.4, 0.5) is 0 Å². The maximum Gasteiger partial charge on any atom is 0.161 e. The van der Waals surface area contributed by atoms with Crippen molar-refractivity contribution in [2.45, 2.75) is 13.2 Å². The van der Waals surface area contributed by atoms with Crippen molar-refractivity contribution in [1.29, 1.82) is 0 Å². The normalized spacial score (nSPS) is 10.5. The van der Waals surface area contributed by atoms with Crippen LogP contribution in [0.5, 0.6) is 11.5 Å². The van der Waals surface area contributed by atoms with Gasteiger partial charge in [0.05, 0.1) is 13.7 Å². The maximum absolute atomic E-state index is 5.90. The molecule has 0 aromatic heterocycles. The lowest BCUT2D eigenvalue weighted by Crippen LogP contribution is -2.18. The summed E-state index contributed by atoms with van der Waals surface area (Å²) in [7, 11) is 3.35. The molecule has 0 aliphatic rings. The van der Waals surface area contributed by atoms with Crippen molar-refractivity contribution in [2.24, 2.45) is 0 Å². The molecule has 0 saturated heterocycles. The van der Waals surface area contributed by atoms with Crippen LogP contribution in [0.3, 0.4) is 0 Å². The van der Waals surface area contributed by atoms with E-state index >= 15 is 0 Å². The van der Waals surface area contributed by atoms with Crippen LogP contribution in [0, 0.1) is 0 Å². The molecule has 0 fully saturated rings. The van der Waals surface area contributed by atoms with Gasteiger partial charge in [-0.05, 0) is 23.3 Å². The fraction of sp³-hybridized carbons (Fsp3) is 0.333. The number of hydrogen-bond donors (Lipinski definition) is 1. The number of ether oxygens (including phenoxy) is 3. The van der Waals surface area contributed by atoms with Crippen molar-refractivity contribution in [3.63, 3.8) is 0 Å². The molecule has 0 amide bonds. The molecule has 2 rings (SSSR count). The molecular weight excluding hydrogens is 278 g/mol. The van der Waals surface area contributed by atoms with Crippen LogP contribution in [-0.2, 0) is 17.9 Å². The molecule has 1 N–H and O–H groups in total. The van der Waals surface area contributed by atoms with E-state index in [2.05, 4.69) is 5.32 Å². The van der Waals surface area contributed by atoms with Crippen molar-refractivity contribution in [3.8, 4) is 11.5 Å². The topological polar surface area (TPSA) is 39.7 Å². The van der Waals surface area contributed by atoms with E-state index in [1.807, 2.05) is 48.5 Å². The third-order valence-electron chi connectivity index (χ3n) is 3.28. The Morgan fingerprint density at radius 2 is 1.73 bits per heavy atom. The molecular formula is C18H23NO3. The summed E-state index contributed by atoms with van der Waals surface area (Å²) in [6, 6.07) is 16.1. The fourth-order valence-corrected chi connectivity index (χ4v) is 2.09. The molecule has 4 heteroatoms. The minimum atomic E-state index is 0.526. The minimum Gasteiger partial charge on any atom is -0.493 e. The predicted octanol–water partition coefficient (Wildman–Crippen LogP) is 3.01. The minimum absolute atomic E-state index is 0.526. The van der Waals surface area contributed by atoms with E-state index < -0.39 is 0 Å². The molecule has 0 radical (unpaired) electrons. The Hall–Kier alpha value is -2.04. The summed E-state index contributed by atoms with van der Waals surface area (Å²) in [5, 5.41) is 3.32. The van der Waals surface area contributed by atoms with E-state index in [1.165, 1.54) is 0 Å². The lowest BCUT2D eigenvalue weighted by atomic mass is 10.2. The Morgan fingerprint density at radius 1 is 0.909 bits per heavy atom. The van der Waals surface area contributed by atoms with Crippen molar-refractivity contribution >= 4 is 0 Å². The average Bonchev–Trinajstić information content (AvgIpc) is 2.58. The number of benzene rings is 2. The molecule has 0 aliphatic carbocycles. The Balaban J connectivity index is 1.98. The van der Waals surface area contributed by atoms with Crippen LogP contribution in [0.1, 0.15) is 11.1 Å². The van der Waals surface area contributed by atoms with Gasteiger partial charge in [-0.25, -0.2) is 0 Å². The van der Waals surface area contributed by atoms with Gasteiger partial charge in [-0.1, -0.05) is 36.4 Å². The first-order chi connectivity index (χ1) is 10.8. The number of nitrogens with one attached hydrogen (secondary N) is 1. The molecule has 2 aromatic rings. The van der Waals surface area contributed by atoms with Gasteiger partial charge in [0.2, 0.25) is 0 Å². The zero-order valence-electron chi connectivity index (χ0n) is 13.2. The Kier molecular flexibility index (Phi) is 6.74. The standard InChI is InChI=1S/C18H23NO3/c1-20-11-10-19-13-16-8-9-17(21-2)18(12-16)22-14-15-6-4-3-5-7-15/h3-9,12,19H,10-11,13-14H2,1-2H3. The average molecular weight is 301 g/mol. The first-order valence-electron chi connectivity index (χ1n) is 7.37. The van der Waals surface area contributed by atoms with Gasteiger partial charge < -0.3 is 19.5 Å². The van der Waals surface area contributed by atoms with Crippen LogP contribution >= 0.6 is 0 Å². The van der Waals surface area contributed by atoms with Crippen molar-refractivity contribution in [3.05, 3.63) is 59.7 Å². The van der Waals surface area contributed by atoms with Crippen LogP contribution < -0.4 is 14.8 Å². The molecule has 0 aliphatic heterocycles. The monoisotopic (exact) mass is 301 g/mol. The molecule has 0 bridgehead atoms. The second-order valence-electron chi connectivity index (χ2n) is 4.93. The zero-order valence-corrected chi connectivity index (χ0v) is 13.2. The summed E-state index contributed by atoms with van der Waals surface area (Å²) < 4.78 is 16.3. The summed E-state index contributed by atoms with van der Waals surface area (Å²) in [4.78, 5) is 0. The highest BCUT2D eigenvalue weighted by molar-refractivity contribution is 5.43. The molecule has 0 heterocycles. The van der Waals surface area contributed by atoms with E-state index in [1.54, 1.807) is 14.2 Å². The highest BCUT2D eigenvalue weighted by Crippen LogP contribution is 2.28. The third kappa shape index (κ3) is 5.06. The molecule has 22 heavy (non-hydrogen) atoms. The molecule has 0 unspecified atom stereocenters. The molecule has 118 valence electrons. The lowest BCUT2D eigenvalue weighted by molar-refractivity contribution is 0.199. The second kappa shape index (κ2) is 9.07. The van der Waals surface area contributed by atoms with E-state index in [9.17, 15) is 0 Å². The molecule has 0 saturated carbocycles. The third-order valence-corrected chi connectivity index (χ3v) is 3.28. The number of methoxy groups -OCH3 is 2. The summed E-state index contributed by atoms with van der Waals surface area (Å²) >= 11 is 0. The molecule has 0 spiro atoms. The van der Waals surface area contributed by atoms with Crippen LogP contribution in [0.25, 0.3) is 0 Å². The highest BCUT2D eigenvalue weighted by atomic mass is 16.5. The summed E-state index contributed by atoms with van der Waals surface area (Å²) in [5.41, 5.74) is 2.29. The quantitative estimate of drug-likeness (QED) is 0.723. The number of hydrogen-bond acceptors (Lipinski definition) is 4. The van der Waals surface area contributed by atoms with Gasteiger partial charge >= 0.3 is 0 Å². The van der Waals surface area contributed by atoms with Gasteiger partial charge in [0.1, 0.15) is 6.61 Å². The van der Waals surface area contributed by atoms with Crippen LogP contribution in [0.2, 0.25) is 0 Å². The van der Waals surface area contributed by atoms with Gasteiger partial charge in [-0.3, -0.25) is 0 Å². The summed E-state index contributed by atoms with van der Waals surface area (Å²) in [5.74, 6) is 1.51. The zero-order chi connectivity index (χ0) is 15.6. The smallest absolute Gasteiger partial charge is 0.161 e. The molecule has 2 aromatic carbocycles. The molecule has 4 nitrogen and oxygen atoms in total. The van der Waals surface area contributed by atoms with E-state index in [-0.39, 0.29) is 0 Å². The van der Waals surface area contributed by atoms with E-state index in [0.29, 0.717) is 13.2 Å². The fourth-order valence-electron chi connectivity index (χ4n) is 2.09. The lowest BCUT2D eigenvalue weighted by Gasteiger charge is -2.13. The SMILES string of the molecule is COCCNCc1ccc(OC)c(OCc2ccccc2)c1. The first-order valence-corrected chi connectivity index (χ1v) is 7.37. The maximum atomic E-state index is 5.90. The van der Waals surface area contributed by atoms with E-state index in [0.717, 1.165) is 35.7 Å². The van der Waals surface area contributed by atoms with Crippen molar-refractivity contribution in [2.75, 3.05) is 27.4 Å². The summed E-state index contributed by atoms with van der Waals surface area (Å²) in [6.45, 7) is 2.82.